The predicted octanol–water partition coefficient (Wildman–Crippen LogP) is 2.65. The summed E-state index contributed by atoms with van der Waals surface area (Å²) >= 11 is 0. The maximum Gasteiger partial charge on any atom is 0.268 e. The van der Waals surface area contributed by atoms with E-state index in [0.29, 0.717) is 36.6 Å². The summed E-state index contributed by atoms with van der Waals surface area (Å²) in [4.78, 5) is 15.8. The lowest BCUT2D eigenvalue weighted by molar-refractivity contribution is 0.0945. The van der Waals surface area contributed by atoms with E-state index in [1.54, 1.807) is 13.8 Å². The summed E-state index contributed by atoms with van der Waals surface area (Å²) in [6, 6.07) is 7.91. The maximum absolute atomic E-state index is 12.9. The van der Waals surface area contributed by atoms with Crippen molar-refractivity contribution < 1.29 is 13.2 Å². The molecule has 0 aliphatic carbocycles. The Kier molecular flexibility index (Phi) is 5.20. The maximum atomic E-state index is 12.9. The molecule has 7 heteroatoms. The van der Waals surface area contributed by atoms with Crippen molar-refractivity contribution in [2.24, 2.45) is 0 Å². The zero-order chi connectivity index (χ0) is 18.9. The van der Waals surface area contributed by atoms with Crippen molar-refractivity contribution in [3.63, 3.8) is 0 Å². The normalized spacial score (nSPS) is 15.3. The number of benzene rings is 1. The Morgan fingerprint density at radius 1 is 1.12 bits per heavy atom. The van der Waals surface area contributed by atoms with Crippen LogP contribution >= 0.6 is 0 Å². The Morgan fingerprint density at radius 3 is 2.35 bits per heavy atom. The van der Waals surface area contributed by atoms with Gasteiger partial charge in [-0.25, -0.2) is 8.42 Å². The Labute approximate surface area is 154 Å². The molecule has 1 aliphatic heterocycles. The van der Waals surface area contributed by atoms with Gasteiger partial charge < -0.3 is 10.3 Å². The van der Waals surface area contributed by atoms with Crippen LogP contribution in [0.5, 0.6) is 0 Å². The lowest BCUT2D eigenvalue weighted by Crippen LogP contribution is -2.29. The van der Waals surface area contributed by atoms with Gasteiger partial charge in [0.05, 0.1) is 0 Å². The molecule has 1 fully saturated rings. The Balaban J connectivity index is 1.80. The predicted molar refractivity (Wildman–Crippen MR) is 101 cm³/mol. The lowest BCUT2D eigenvalue weighted by atomic mass is 10.1. The summed E-state index contributed by atoms with van der Waals surface area (Å²) < 4.78 is 27.3. The number of aromatic nitrogens is 1. The van der Waals surface area contributed by atoms with Crippen LogP contribution in [0.3, 0.4) is 0 Å². The molecular weight excluding hydrogens is 350 g/mol. The number of rotatable bonds is 5. The molecule has 0 saturated carbocycles. The van der Waals surface area contributed by atoms with Crippen LogP contribution in [-0.2, 0) is 16.6 Å². The van der Waals surface area contributed by atoms with E-state index in [4.69, 9.17) is 0 Å². The van der Waals surface area contributed by atoms with Gasteiger partial charge >= 0.3 is 0 Å². The molecule has 1 amide bonds. The third-order valence-corrected chi connectivity index (χ3v) is 7.01. The molecule has 1 aromatic heterocycles. The average Bonchev–Trinajstić information content (AvgIpc) is 3.23. The number of amides is 1. The molecule has 2 heterocycles. The van der Waals surface area contributed by atoms with Crippen LogP contribution in [-0.4, -0.2) is 36.7 Å². The zero-order valence-corrected chi connectivity index (χ0v) is 16.2. The summed E-state index contributed by atoms with van der Waals surface area (Å²) in [7, 11) is -3.56. The molecule has 0 spiro atoms. The van der Waals surface area contributed by atoms with Gasteiger partial charge in [-0.1, -0.05) is 29.8 Å². The van der Waals surface area contributed by atoms with E-state index in [-0.39, 0.29) is 10.8 Å². The number of carbonyl (C=O) groups excluding carboxylic acids is 1. The van der Waals surface area contributed by atoms with Crippen LogP contribution in [0.4, 0.5) is 0 Å². The number of aryl methyl sites for hydroxylation is 2. The summed E-state index contributed by atoms with van der Waals surface area (Å²) in [6.45, 7) is 6.88. The number of aromatic amines is 1. The number of nitrogens with one attached hydrogen (secondary N) is 2. The molecule has 26 heavy (non-hydrogen) atoms. The molecule has 2 N–H and O–H groups in total. The minimum Gasteiger partial charge on any atom is -0.353 e. The minimum absolute atomic E-state index is 0.236. The first-order valence-electron chi connectivity index (χ1n) is 8.84. The quantitative estimate of drug-likeness (QED) is 0.843. The van der Waals surface area contributed by atoms with Crippen molar-refractivity contribution in [1.82, 2.24) is 14.6 Å². The fourth-order valence-corrected chi connectivity index (χ4v) is 5.31. The van der Waals surface area contributed by atoms with E-state index < -0.39 is 10.0 Å². The van der Waals surface area contributed by atoms with Crippen LogP contribution in [0.25, 0.3) is 0 Å². The Morgan fingerprint density at radius 2 is 1.73 bits per heavy atom. The van der Waals surface area contributed by atoms with E-state index in [9.17, 15) is 13.2 Å². The zero-order valence-electron chi connectivity index (χ0n) is 15.4. The summed E-state index contributed by atoms with van der Waals surface area (Å²) in [5.74, 6) is -0.297. The number of carbonyl (C=O) groups is 1. The van der Waals surface area contributed by atoms with Crippen LogP contribution in [0.2, 0.25) is 0 Å². The molecule has 0 atom stereocenters. The van der Waals surface area contributed by atoms with Crippen LogP contribution in [0.1, 0.15) is 45.7 Å². The number of nitrogens with zero attached hydrogens (tertiary/aromatic N) is 1. The second kappa shape index (κ2) is 7.25. The molecular formula is C19H25N3O3S. The lowest BCUT2D eigenvalue weighted by Gasteiger charge is -2.16. The van der Waals surface area contributed by atoms with Crippen molar-refractivity contribution in [3.05, 3.63) is 52.3 Å². The van der Waals surface area contributed by atoms with Crippen molar-refractivity contribution in [2.75, 3.05) is 13.1 Å². The number of H-pyrrole nitrogens is 1. The van der Waals surface area contributed by atoms with Crippen LogP contribution < -0.4 is 5.32 Å². The van der Waals surface area contributed by atoms with Crippen molar-refractivity contribution in [1.29, 1.82) is 0 Å². The van der Waals surface area contributed by atoms with Crippen molar-refractivity contribution in [3.8, 4) is 0 Å². The number of hydrogen-bond donors (Lipinski definition) is 2. The highest BCUT2D eigenvalue weighted by Crippen LogP contribution is 2.28. The largest absolute Gasteiger partial charge is 0.353 e. The first-order chi connectivity index (χ1) is 12.3. The molecule has 0 radical (unpaired) electrons. The van der Waals surface area contributed by atoms with Gasteiger partial charge in [0.15, 0.2) is 0 Å². The van der Waals surface area contributed by atoms with E-state index in [1.165, 1.54) is 4.31 Å². The second-order valence-electron chi connectivity index (χ2n) is 6.86. The van der Waals surface area contributed by atoms with Gasteiger partial charge in [0.2, 0.25) is 10.0 Å². The molecule has 3 rings (SSSR count). The van der Waals surface area contributed by atoms with Gasteiger partial charge in [0, 0.05) is 25.3 Å². The summed E-state index contributed by atoms with van der Waals surface area (Å²) in [5.41, 5.74) is 3.46. The first-order valence-corrected chi connectivity index (χ1v) is 10.3. The molecule has 6 nitrogen and oxygen atoms in total. The van der Waals surface area contributed by atoms with E-state index in [1.807, 2.05) is 31.2 Å². The topological polar surface area (TPSA) is 82.3 Å². The van der Waals surface area contributed by atoms with Crippen LogP contribution in [0.15, 0.2) is 29.2 Å². The molecule has 0 bridgehead atoms. The molecule has 1 aliphatic rings. The molecule has 140 valence electrons. The molecule has 0 unspecified atom stereocenters. The van der Waals surface area contributed by atoms with E-state index >= 15 is 0 Å². The van der Waals surface area contributed by atoms with Gasteiger partial charge in [-0.15, -0.1) is 0 Å². The van der Waals surface area contributed by atoms with Crippen molar-refractivity contribution in [2.45, 2.75) is 45.1 Å². The van der Waals surface area contributed by atoms with Gasteiger partial charge in [0.1, 0.15) is 10.6 Å². The standard InChI is InChI=1S/C19H25N3O3S/c1-13-6-8-16(9-7-13)12-20-19(23)17-14(2)18(15(3)21-17)26(24,25)22-10-4-5-11-22/h6-9,21H,4-5,10-12H2,1-3H3,(H,20,23). The minimum atomic E-state index is -3.56. The highest BCUT2D eigenvalue weighted by Gasteiger charge is 2.33. The summed E-state index contributed by atoms with van der Waals surface area (Å²) in [5, 5.41) is 2.86. The smallest absolute Gasteiger partial charge is 0.268 e. The average molecular weight is 375 g/mol. The third kappa shape index (κ3) is 3.54. The van der Waals surface area contributed by atoms with Crippen molar-refractivity contribution >= 4 is 15.9 Å². The van der Waals surface area contributed by atoms with Crippen LogP contribution in [0, 0.1) is 20.8 Å². The first kappa shape index (κ1) is 18.7. The molecule has 1 aromatic carbocycles. The van der Waals surface area contributed by atoms with Gasteiger partial charge in [-0.05, 0) is 44.7 Å². The highest BCUT2D eigenvalue weighted by molar-refractivity contribution is 7.89. The van der Waals surface area contributed by atoms with Gasteiger partial charge in [-0.2, -0.15) is 4.31 Å². The van der Waals surface area contributed by atoms with E-state index in [0.717, 1.165) is 24.0 Å². The monoisotopic (exact) mass is 375 g/mol. The number of sulfonamides is 1. The van der Waals surface area contributed by atoms with Gasteiger partial charge in [0.25, 0.3) is 5.91 Å². The fourth-order valence-electron chi connectivity index (χ4n) is 3.38. The number of hydrogen-bond acceptors (Lipinski definition) is 3. The van der Waals surface area contributed by atoms with Gasteiger partial charge in [-0.3, -0.25) is 4.79 Å². The molecule has 1 saturated heterocycles. The highest BCUT2D eigenvalue weighted by atomic mass is 32.2. The SMILES string of the molecule is Cc1ccc(CNC(=O)c2[nH]c(C)c(S(=O)(=O)N3CCCC3)c2C)cc1. The third-order valence-electron chi connectivity index (χ3n) is 4.83. The molecule has 2 aromatic rings. The fraction of sp³-hybridized carbons (Fsp3) is 0.421. The van der Waals surface area contributed by atoms with E-state index in [2.05, 4.69) is 10.3 Å². The Bertz CT molecular complexity index is 908. The Hall–Kier alpha value is -2.12. The second-order valence-corrected chi connectivity index (χ2v) is 8.73. The summed E-state index contributed by atoms with van der Waals surface area (Å²) in [6.07, 6.45) is 1.76.